The quantitative estimate of drug-likeness (QED) is 0.658. The van der Waals surface area contributed by atoms with Gasteiger partial charge in [0.05, 0.1) is 5.56 Å². The number of fused-ring (bicyclic) bond motifs is 3. The molecule has 0 bridgehead atoms. The Morgan fingerprint density at radius 2 is 1.83 bits per heavy atom. The molecule has 0 saturated carbocycles. The molecule has 1 aliphatic carbocycles. The number of ketones is 1. The van der Waals surface area contributed by atoms with Crippen molar-refractivity contribution in [3.63, 3.8) is 0 Å². The minimum atomic E-state index is -2.33. The molecule has 3 rings (SSSR count). The van der Waals surface area contributed by atoms with E-state index in [0.717, 1.165) is 6.08 Å². The lowest BCUT2D eigenvalue weighted by Gasteiger charge is -2.33. The molecule has 0 radical (unpaired) electrons. The second-order valence-electron chi connectivity index (χ2n) is 4.33. The number of benzene rings is 1. The molecule has 2 aliphatic rings. The molecule has 4 heteroatoms. The fourth-order valence-corrected chi connectivity index (χ4v) is 2.20. The molecule has 0 amide bonds. The molecule has 1 aliphatic heterocycles. The van der Waals surface area contributed by atoms with Crippen LogP contribution in [0.15, 0.2) is 42.0 Å². The zero-order valence-corrected chi connectivity index (χ0v) is 9.57. The van der Waals surface area contributed by atoms with Crippen LogP contribution in [0.5, 0.6) is 0 Å². The van der Waals surface area contributed by atoms with E-state index in [0.29, 0.717) is 5.56 Å². The predicted molar refractivity (Wildman–Crippen MR) is 62.4 cm³/mol. The summed E-state index contributed by atoms with van der Waals surface area (Å²) in [5, 5.41) is 0. The average molecular weight is 244 g/mol. The van der Waals surface area contributed by atoms with Gasteiger partial charge in [-0.25, -0.2) is 4.79 Å². The van der Waals surface area contributed by atoms with Gasteiger partial charge in [0.15, 0.2) is 5.78 Å². The van der Waals surface area contributed by atoms with Crippen LogP contribution in [0.1, 0.15) is 22.8 Å². The van der Waals surface area contributed by atoms with Crippen LogP contribution in [0.3, 0.4) is 0 Å². The topological polar surface area (TPSA) is 43.4 Å². The van der Waals surface area contributed by atoms with E-state index < -0.39 is 11.8 Å². The van der Waals surface area contributed by atoms with E-state index in [1.165, 1.54) is 13.0 Å². The first-order valence-electron chi connectivity index (χ1n) is 5.49. The summed E-state index contributed by atoms with van der Waals surface area (Å²) < 4.78 is 19.5. The number of ether oxygens (including phenoxy) is 1. The van der Waals surface area contributed by atoms with Gasteiger partial charge in [0, 0.05) is 11.6 Å². The lowest BCUT2D eigenvalue weighted by atomic mass is 9.85. The first-order valence-corrected chi connectivity index (χ1v) is 5.49. The smallest absolute Gasteiger partial charge is 0.341 e. The van der Waals surface area contributed by atoms with Crippen molar-refractivity contribution in [1.82, 2.24) is 0 Å². The molecule has 90 valence electrons. The number of hydrogen-bond donors (Lipinski definition) is 0. The van der Waals surface area contributed by atoms with Gasteiger partial charge in [0.2, 0.25) is 0 Å². The van der Waals surface area contributed by atoms with E-state index in [1.807, 2.05) is 0 Å². The van der Waals surface area contributed by atoms with E-state index in [9.17, 15) is 14.0 Å². The summed E-state index contributed by atoms with van der Waals surface area (Å²) in [6.07, 6.45) is 2.25. The second kappa shape index (κ2) is 3.38. The Kier molecular flexibility index (Phi) is 2.05. The van der Waals surface area contributed by atoms with Gasteiger partial charge in [-0.2, -0.15) is 4.39 Å². The molecule has 0 N–H and O–H groups in total. The number of alkyl halides is 1. The number of rotatable bonds is 0. The largest absolute Gasteiger partial charge is 0.417 e. The van der Waals surface area contributed by atoms with E-state index in [1.54, 1.807) is 24.3 Å². The van der Waals surface area contributed by atoms with Crippen LogP contribution in [-0.4, -0.2) is 17.6 Å². The van der Waals surface area contributed by atoms with Gasteiger partial charge >= 0.3 is 5.97 Å². The summed E-state index contributed by atoms with van der Waals surface area (Å²) >= 11 is 0. The normalized spacial score (nSPS) is 25.7. The maximum absolute atomic E-state index is 14.6. The monoisotopic (exact) mass is 244 g/mol. The Balaban J connectivity index is 2.28. The standard InChI is InChI=1S/C14H9FO3/c1-8-7-14(15)11(6-12(8)16)9-4-2-3-5-10(9)13(17)18-14/h2-7H,1H3. The SMILES string of the molecule is CC1=CC2(F)OC(=O)c3ccccc3C2=CC1=O. The number of carbonyl (C=O) groups excluding carboxylic acids is 2. The maximum atomic E-state index is 14.6. The molecule has 1 atom stereocenters. The van der Waals surface area contributed by atoms with E-state index in [4.69, 9.17) is 4.74 Å². The molecule has 1 aromatic rings. The summed E-state index contributed by atoms with van der Waals surface area (Å²) in [6.45, 7) is 1.49. The molecule has 18 heavy (non-hydrogen) atoms. The third-order valence-electron chi connectivity index (χ3n) is 3.11. The summed E-state index contributed by atoms with van der Waals surface area (Å²) in [6, 6.07) is 6.51. The Bertz CT molecular complexity index is 642. The van der Waals surface area contributed by atoms with Crippen molar-refractivity contribution in [2.75, 3.05) is 0 Å². The Labute approximate surface area is 103 Å². The average Bonchev–Trinajstić information content (AvgIpc) is 2.32. The van der Waals surface area contributed by atoms with Gasteiger partial charge in [-0.1, -0.05) is 18.2 Å². The highest BCUT2D eigenvalue weighted by Crippen LogP contribution is 2.43. The van der Waals surface area contributed by atoms with Crippen molar-refractivity contribution in [3.05, 3.63) is 53.1 Å². The van der Waals surface area contributed by atoms with Crippen molar-refractivity contribution in [2.45, 2.75) is 12.8 Å². The van der Waals surface area contributed by atoms with Crippen LogP contribution in [0.25, 0.3) is 5.57 Å². The van der Waals surface area contributed by atoms with Gasteiger partial charge < -0.3 is 4.74 Å². The zero-order chi connectivity index (χ0) is 12.9. The first kappa shape index (κ1) is 10.9. The number of halogens is 1. The Morgan fingerprint density at radius 1 is 1.17 bits per heavy atom. The molecule has 1 heterocycles. The first-order chi connectivity index (χ1) is 8.51. The minimum Gasteiger partial charge on any atom is -0.417 e. The molecule has 0 aromatic heterocycles. The van der Waals surface area contributed by atoms with Gasteiger partial charge in [0.25, 0.3) is 5.85 Å². The van der Waals surface area contributed by atoms with Gasteiger partial charge in [-0.15, -0.1) is 0 Å². The van der Waals surface area contributed by atoms with Gasteiger partial charge in [-0.05, 0) is 30.2 Å². The Morgan fingerprint density at radius 3 is 2.56 bits per heavy atom. The highest BCUT2D eigenvalue weighted by molar-refractivity contribution is 6.13. The summed E-state index contributed by atoms with van der Waals surface area (Å²) in [5.74, 6) is -3.32. The van der Waals surface area contributed by atoms with Crippen molar-refractivity contribution in [1.29, 1.82) is 0 Å². The highest BCUT2D eigenvalue weighted by atomic mass is 19.2. The Hall–Kier alpha value is -2.23. The van der Waals surface area contributed by atoms with Gasteiger partial charge in [0.1, 0.15) is 0 Å². The van der Waals surface area contributed by atoms with Crippen molar-refractivity contribution in [3.8, 4) is 0 Å². The van der Waals surface area contributed by atoms with E-state index in [-0.39, 0.29) is 22.5 Å². The summed E-state index contributed by atoms with van der Waals surface area (Å²) in [5.41, 5.74) is 1.01. The van der Waals surface area contributed by atoms with Crippen LogP contribution in [-0.2, 0) is 9.53 Å². The molecule has 3 nitrogen and oxygen atoms in total. The van der Waals surface area contributed by atoms with E-state index in [2.05, 4.69) is 0 Å². The number of esters is 1. The molecular formula is C14H9FO3. The van der Waals surface area contributed by atoms with Crippen LogP contribution in [0, 0.1) is 0 Å². The number of allylic oxidation sites excluding steroid dienone is 2. The highest BCUT2D eigenvalue weighted by Gasteiger charge is 2.46. The van der Waals surface area contributed by atoms with Crippen molar-refractivity contribution >= 4 is 17.3 Å². The van der Waals surface area contributed by atoms with Crippen LogP contribution in [0.4, 0.5) is 4.39 Å². The molecule has 0 fully saturated rings. The second-order valence-corrected chi connectivity index (χ2v) is 4.33. The summed E-state index contributed by atoms with van der Waals surface area (Å²) in [7, 11) is 0. The van der Waals surface area contributed by atoms with Crippen molar-refractivity contribution in [2.24, 2.45) is 0 Å². The van der Waals surface area contributed by atoms with Crippen LogP contribution < -0.4 is 0 Å². The minimum absolute atomic E-state index is 0.0910. The predicted octanol–water partition coefficient (Wildman–Crippen LogP) is 2.44. The van der Waals surface area contributed by atoms with Crippen LogP contribution >= 0.6 is 0 Å². The molecule has 1 aromatic carbocycles. The molecule has 1 unspecified atom stereocenters. The number of hydrogen-bond acceptors (Lipinski definition) is 3. The lowest BCUT2D eigenvalue weighted by Crippen LogP contribution is -2.37. The summed E-state index contributed by atoms with van der Waals surface area (Å²) in [4.78, 5) is 23.4. The molecule has 0 spiro atoms. The third kappa shape index (κ3) is 1.35. The van der Waals surface area contributed by atoms with Gasteiger partial charge in [-0.3, -0.25) is 4.79 Å². The maximum Gasteiger partial charge on any atom is 0.341 e. The van der Waals surface area contributed by atoms with Crippen molar-refractivity contribution < 1.29 is 18.7 Å². The fourth-order valence-electron chi connectivity index (χ4n) is 2.20. The fraction of sp³-hybridized carbons (Fsp3) is 0.143. The number of carbonyl (C=O) groups is 2. The van der Waals surface area contributed by atoms with Crippen LogP contribution in [0.2, 0.25) is 0 Å². The zero-order valence-electron chi connectivity index (χ0n) is 9.57. The molecule has 0 saturated heterocycles. The lowest BCUT2D eigenvalue weighted by molar-refractivity contribution is -0.112. The third-order valence-corrected chi connectivity index (χ3v) is 3.11. The van der Waals surface area contributed by atoms with E-state index >= 15 is 0 Å². The molecular weight excluding hydrogens is 235 g/mol.